The van der Waals surface area contributed by atoms with E-state index in [-0.39, 0.29) is 25.2 Å². The summed E-state index contributed by atoms with van der Waals surface area (Å²) in [5.41, 5.74) is 0. The minimum Gasteiger partial charge on any atom is -0.480 e. The van der Waals surface area contributed by atoms with Gasteiger partial charge in [-0.2, -0.15) is 0 Å². The van der Waals surface area contributed by atoms with Crippen molar-refractivity contribution in [3.63, 3.8) is 0 Å². The number of amides is 1. The predicted octanol–water partition coefficient (Wildman–Crippen LogP) is 10.5. The molecule has 2 unspecified atom stereocenters. The molecule has 1 amide bonds. The Balaban J connectivity index is 2.76. The topological polar surface area (TPSA) is 198 Å². The van der Waals surface area contributed by atoms with E-state index in [1.165, 1.54) is 122 Å². The van der Waals surface area contributed by atoms with Crippen molar-refractivity contribution in [3.8, 4) is 0 Å². The van der Waals surface area contributed by atoms with Crippen LogP contribution >= 0.6 is 0 Å². The molecule has 0 radical (unpaired) electrons. The molecule has 64 heavy (non-hydrogen) atoms. The molecule has 7 atom stereocenters. The van der Waals surface area contributed by atoms with Crippen LogP contribution in [0.3, 0.4) is 0 Å². The first-order valence-electron chi connectivity index (χ1n) is 26.2. The zero-order valence-electron chi connectivity index (χ0n) is 40.8. The van der Waals surface area contributed by atoms with E-state index in [0.29, 0.717) is 19.3 Å². The van der Waals surface area contributed by atoms with Gasteiger partial charge in [0, 0.05) is 12.8 Å². The molecule has 0 aromatic carbocycles. The van der Waals surface area contributed by atoms with E-state index in [1.54, 1.807) is 0 Å². The number of carbonyl (C=O) groups excluding carboxylic acids is 3. The van der Waals surface area contributed by atoms with Crippen molar-refractivity contribution in [2.75, 3.05) is 13.2 Å². The molecular formula is C51H95NO12. The van der Waals surface area contributed by atoms with Crippen molar-refractivity contribution in [2.24, 2.45) is 0 Å². The number of aliphatic hydroxyl groups excluding tert-OH is 3. The van der Waals surface area contributed by atoms with Gasteiger partial charge in [-0.25, -0.2) is 4.79 Å². The summed E-state index contributed by atoms with van der Waals surface area (Å²) in [5.74, 6) is -3.00. The van der Waals surface area contributed by atoms with Gasteiger partial charge < -0.3 is 44.7 Å². The summed E-state index contributed by atoms with van der Waals surface area (Å²) in [6.07, 6.45) is 27.0. The molecule has 1 aliphatic rings. The third-order valence-corrected chi connectivity index (χ3v) is 12.5. The number of hydrogen-bond acceptors (Lipinski definition) is 11. The lowest BCUT2D eigenvalue weighted by atomic mass is 9.99. The number of esters is 2. The largest absolute Gasteiger partial charge is 0.480 e. The van der Waals surface area contributed by atoms with Gasteiger partial charge in [0.1, 0.15) is 24.4 Å². The van der Waals surface area contributed by atoms with E-state index in [1.807, 2.05) is 0 Å². The summed E-state index contributed by atoms with van der Waals surface area (Å²) in [4.78, 5) is 51.4. The van der Waals surface area contributed by atoms with Gasteiger partial charge in [-0.05, 0) is 25.7 Å². The second kappa shape index (κ2) is 40.9. The standard InChI is InChI=1S/C51H95NO12/c1-4-7-10-13-16-19-21-24-27-30-33-36-44(54)52-42(50(59)60)40-61-51-49(48(58)47(57)43(39-53)63-51)64-46(56)38-41(35-32-29-26-23-18-15-12-9-6-3)62-45(55)37-34-31-28-25-22-20-17-14-11-8-5-2/h41-43,47-49,51,53,57-58H,4-40H2,1-3H3,(H,52,54)(H,59,60)/t41?,42?,43-,47-,48+,49-,51-/m1/s1. The highest BCUT2D eigenvalue weighted by Crippen LogP contribution is 2.26. The van der Waals surface area contributed by atoms with Crippen molar-refractivity contribution in [1.82, 2.24) is 5.32 Å². The summed E-state index contributed by atoms with van der Waals surface area (Å²) in [5, 5.41) is 43.9. The second-order valence-corrected chi connectivity index (χ2v) is 18.5. The fourth-order valence-corrected chi connectivity index (χ4v) is 8.35. The molecule has 0 saturated carbocycles. The highest BCUT2D eigenvalue weighted by atomic mass is 16.7. The smallest absolute Gasteiger partial charge is 0.328 e. The summed E-state index contributed by atoms with van der Waals surface area (Å²) < 4.78 is 22.9. The molecule has 376 valence electrons. The Hall–Kier alpha value is -2.32. The molecule has 13 heteroatoms. The van der Waals surface area contributed by atoms with Crippen molar-refractivity contribution in [1.29, 1.82) is 0 Å². The van der Waals surface area contributed by atoms with E-state index in [0.717, 1.165) is 64.2 Å². The minimum absolute atomic E-state index is 0.155. The van der Waals surface area contributed by atoms with Crippen molar-refractivity contribution in [3.05, 3.63) is 0 Å². The number of rotatable bonds is 44. The van der Waals surface area contributed by atoms with Crippen LogP contribution < -0.4 is 5.32 Å². The van der Waals surface area contributed by atoms with E-state index < -0.39 is 73.9 Å². The first-order chi connectivity index (χ1) is 31.1. The zero-order valence-corrected chi connectivity index (χ0v) is 40.8. The summed E-state index contributed by atoms with van der Waals surface area (Å²) >= 11 is 0. The van der Waals surface area contributed by atoms with Crippen molar-refractivity contribution in [2.45, 2.75) is 288 Å². The van der Waals surface area contributed by atoms with Crippen molar-refractivity contribution < 1.29 is 58.6 Å². The van der Waals surface area contributed by atoms with Crippen LogP contribution in [0.1, 0.15) is 245 Å². The summed E-state index contributed by atoms with van der Waals surface area (Å²) in [7, 11) is 0. The normalized spacial score (nSPS) is 19.6. The molecule has 0 aromatic rings. The monoisotopic (exact) mass is 914 g/mol. The van der Waals surface area contributed by atoms with Gasteiger partial charge in [0.25, 0.3) is 0 Å². The van der Waals surface area contributed by atoms with Gasteiger partial charge in [-0.15, -0.1) is 0 Å². The van der Waals surface area contributed by atoms with Crippen LogP contribution in [0.4, 0.5) is 0 Å². The Morgan fingerprint density at radius 2 is 0.984 bits per heavy atom. The number of aliphatic carboxylic acids is 1. The van der Waals surface area contributed by atoms with Gasteiger partial charge in [0.15, 0.2) is 18.4 Å². The third kappa shape index (κ3) is 30.8. The average molecular weight is 914 g/mol. The molecule has 0 spiro atoms. The quantitative estimate of drug-likeness (QED) is 0.0287. The number of unbranched alkanes of at least 4 members (excludes halogenated alkanes) is 28. The molecular weight excluding hydrogens is 819 g/mol. The maximum atomic E-state index is 13.5. The molecule has 1 fully saturated rings. The number of carboxylic acid groups (broad SMARTS) is 1. The number of aliphatic hydroxyl groups is 3. The lowest BCUT2D eigenvalue weighted by molar-refractivity contribution is -0.305. The molecule has 0 aliphatic carbocycles. The van der Waals surface area contributed by atoms with E-state index in [9.17, 15) is 39.6 Å². The Kier molecular flexibility index (Phi) is 38.2. The lowest BCUT2D eigenvalue weighted by Crippen LogP contribution is -2.61. The minimum atomic E-state index is -1.75. The average Bonchev–Trinajstić information content (AvgIpc) is 3.27. The molecule has 13 nitrogen and oxygen atoms in total. The van der Waals surface area contributed by atoms with Gasteiger partial charge in [-0.1, -0.05) is 201 Å². The highest BCUT2D eigenvalue weighted by molar-refractivity contribution is 5.83. The Morgan fingerprint density at radius 3 is 1.42 bits per heavy atom. The summed E-state index contributed by atoms with van der Waals surface area (Å²) in [6.45, 7) is 5.33. The van der Waals surface area contributed by atoms with Crippen LogP contribution in [0.5, 0.6) is 0 Å². The number of carboxylic acids is 1. The van der Waals surface area contributed by atoms with Gasteiger partial charge in [-0.3, -0.25) is 14.4 Å². The van der Waals surface area contributed by atoms with Crippen molar-refractivity contribution >= 4 is 23.8 Å². The molecule has 5 N–H and O–H groups in total. The number of nitrogens with one attached hydrogen (secondary N) is 1. The molecule has 0 aromatic heterocycles. The van der Waals surface area contributed by atoms with Crippen LogP contribution in [0.2, 0.25) is 0 Å². The molecule has 0 bridgehead atoms. The fourth-order valence-electron chi connectivity index (χ4n) is 8.35. The Bertz CT molecular complexity index is 1160. The first kappa shape index (κ1) is 59.7. The molecule has 1 heterocycles. The van der Waals surface area contributed by atoms with Crippen LogP contribution in [-0.4, -0.2) is 100 Å². The Labute approximate surface area is 388 Å². The third-order valence-electron chi connectivity index (χ3n) is 12.5. The van der Waals surface area contributed by atoms with E-state index in [4.69, 9.17) is 18.9 Å². The second-order valence-electron chi connectivity index (χ2n) is 18.5. The van der Waals surface area contributed by atoms with Crippen LogP contribution in [0, 0.1) is 0 Å². The predicted molar refractivity (Wildman–Crippen MR) is 252 cm³/mol. The number of carbonyl (C=O) groups is 4. The first-order valence-corrected chi connectivity index (χ1v) is 26.2. The van der Waals surface area contributed by atoms with Crippen LogP contribution in [0.15, 0.2) is 0 Å². The van der Waals surface area contributed by atoms with Gasteiger partial charge in [0.2, 0.25) is 5.91 Å². The van der Waals surface area contributed by atoms with E-state index in [2.05, 4.69) is 26.1 Å². The maximum absolute atomic E-state index is 13.5. The molecule has 1 rings (SSSR count). The van der Waals surface area contributed by atoms with Crippen LogP contribution in [0.25, 0.3) is 0 Å². The van der Waals surface area contributed by atoms with Gasteiger partial charge >= 0.3 is 17.9 Å². The summed E-state index contributed by atoms with van der Waals surface area (Å²) in [6, 6.07) is -1.47. The Morgan fingerprint density at radius 1 is 0.562 bits per heavy atom. The van der Waals surface area contributed by atoms with Crippen LogP contribution in [-0.2, 0) is 38.1 Å². The molecule has 1 saturated heterocycles. The fraction of sp³-hybridized carbons (Fsp3) is 0.922. The molecule has 1 aliphatic heterocycles. The number of ether oxygens (including phenoxy) is 4. The zero-order chi connectivity index (χ0) is 47.0. The highest BCUT2D eigenvalue weighted by Gasteiger charge is 2.47. The lowest BCUT2D eigenvalue weighted by Gasteiger charge is -2.41. The number of hydrogen-bond donors (Lipinski definition) is 5. The van der Waals surface area contributed by atoms with Gasteiger partial charge in [0.05, 0.1) is 19.6 Å². The SMILES string of the molecule is CCCCCCCCCCCCCC(=O)NC(CO[C@@H]1O[C@H](CO)[C@@H](O)[C@H](O)[C@H]1OC(=O)CC(CCCCCCCCCCC)OC(=O)CCCCCCCCCCCCC)C(=O)O. The maximum Gasteiger partial charge on any atom is 0.328 e. The van der Waals surface area contributed by atoms with E-state index >= 15 is 0 Å².